The van der Waals surface area contributed by atoms with Gasteiger partial charge in [0.2, 0.25) is 0 Å². The van der Waals surface area contributed by atoms with E-state index in [1.807, 2.05) is 26.8 Å². The van der Waals surface area contributed by atoms with Crippen molar-refractivity contribution in [2.45, 2.75) is 33.6 Å². The number of amides is 1. The maximum Gasteiger partial charge on any atom is 0.251 e. The summed E-state index contributed by atoms with van der Waals surface area (Å²) in [4.78, 5) is 12.2. The van der Waals surface area contributed by atoms with Crippen molar-refractivity contribution in [1.29, 1.82) is 0 Å². The fraction of sp³-hybridized carbons (Fsp3) is 0.533. The Hall–Kier alpha value is -1.06. The van der Waals surface area contributed by atoms with Crippen LogP contribution in [0.1, 0.15) is 42.6 Å². The zero-order valence-corrected chi connectivity index (χ0v) is 12.5. The summed E-state index contributed by atoms with van der Waals surface area (Å²) in [7, 11) is 0. The number of carbonyl (C=O) groups excluding carboxylic acids is 1. The SMILES string of the molecule is CCC(CC)(CO)CNC(=O)c1cc(Cl)ccc1C. The smallest absolute Gasteiger partial charge is 0.251 e. The van der Waals surface area contributed by atoms with E-state index in [9.17, 15) is 9.90 Å². The number of halogens is 1. The molecule has 0 aliphatic carbocycles. The lowest BCUT2D eigenvalue weighted by atomic mass is 9.83. The van der Waals surface area contributed by atoms with Gasteiger partial charge in [-0.05, 0) is 37.5 Å². The van der Waals surface area contributed by atoms with Crippen LogP contribution in [0.15, 0.2) is 18.2 Å². The molecule has 19 heavy (non-hydrogen) atoms. The standard InChI is InChI=1S/C15H22ClNO2/c1-4-15(5-2,10-18)9-17-14(19)13-8-12(16)7-6-11(13)3/h6-8,18H,4-5,9-10H2,1-3H3,(H,17,19). The Morgan fingerprint density at radius 1 is 1.37 bits per heavy atom. The molecule has 0 aromatic heterocycles. The molecule has 1 amide bonds. The van der Waals surface area contributed by atoms with Crippen LogP contribution in [0.3, 0.4) is 0 Å². The molecule has 0 spiro atoms. The van der Waals surface area contributed by atoms with Gasteiger partial charge >= 0.3 is 0 Å². The topological polar surface area (TPSA) is 49.3 Å². The molecule has 0 aliphatic heterocycles. The van der Waals surface area contributed by atoms with Crippen LogP contribution in [-0.2, 0) is 0 Å². The van der Waals surface area contributed by atoms with Gasteiger partial charge in [-0.3, -0.25) is 4.79 Å². The molecule has 1 aromatic rings. The number of aliphatic hydroxyl groups is 1. The molecular formula is C15H22ClNO2. The summed E-state index contributed by atoms with van der Waals surface area (Å²) in [5.74, 6) is -0.139. The van der Waals surface area contributed by atoms with Gasteiger partial charge in [-0.2, -0.15) is 0 Å². The lowest BCUT2D eigenvalue weighted by molar-refractivity contribution is 0.0850. The Morgan fingerprint density at radius 2 is 2.00 bits per heavy atom. The molecule has 1 aromatic carbocycles. The third kappa shape index (κ3) is 3.95. The molecule has 0 fully saturated rings. The second kappa shape index (κ2) is 6.92. The van der Waals surface area contributed by atoms with Gasteiger partial charge in [-0.1, -0.05) is 31.5 Å². The van der Waals surface area contributed by atoms with Crippen LogP contribution in [0.25, 0.3) is 0 Å². The number of benzene rings is 1. The van der Waals surface area contributed by atoms with E-state index < -0.39 is 0 Å². The van der Waals surface area contributed by atoms with Gasteiger partial charge in [0.15, 0.2) is 0 Å². The minimum atomic E-state index is -0.234. The van der Waals surface area contributed by atoms with Gasteiger partial charge in [0, 0.05) is 22.5 Å². The molecule has 0 aliphatic rings. The Bertz CT molecular complexity index is 434. The molecule has 0 radical (unpaired) electrons. The van der Waals surface area contributed by atoms with Crippen LogP contribution in [0.2, 0.25) is 5.02 Å². The first-order valence-corrected chi connectivity index (χ1v) is 7.01. The highest BCUT2D eigenvalue weighted by Crippen LogP contribution is 2.24. The van der Waals surface area contributed by atoms with E-state index >= 15 is 0 Å². The lowest BCUT2D eigenvalue weighted by Crippen LogP contribution is -2.39. The van der Waals surface area contributed by atoms with E-state index in [4.69, 9.17) is 11.6 Å². The van der Waals surface area contributed by atoms with Crippen LogP contribution in [0.4, 0.5) is 0 Å². The zero-order valence-electron chi connectivity index (χ0n) is 11.8. The quantitative estimate of drug-likeness (QED) is 0.842. The second-order valence-electron chi connectivity index (χ2n) is 5.01. The predicted octanol–water partition coefficient (Wildman–Crippen LogP) is 3.18. The molecule has 0 unspecified atom stereocenters. The summed E-state index contributed by atoms with van der Waals surface area (Å²) in [5, 5.41) is 12.9. The Kier molecular flexibility index (Phi) is 5.83. The van der Waals surface area contributed by atoms with Gasteiger partial charge in [0.05, 0.1) is 6.61 Å². The number of carbonyl (C=O) groups is 1. The summed E-state index contributed by atoms with van der Waals surface area (Å²) in [5.41, 5.74) is 1.25. The van der Waals surface area contributed by atoms with Gasteiger partial charge < -0.3 is 10.4 Å². The molecule has 0 saturated heterocycles. The maximum atomic E-state index is 12.2. The van der Waals surface area contributed by atoms with Crippen molar-refractivity contribution in [3.63, 3.8) is 0 Å². The lowest BCUT2D eigenvalue weighted by Gasteiger charge is -2.29. The van der Waals surface area contributed by atoms with Crippen LogP contribution in [0, 0.1) is 12.3 Å². The summed E-state index contributed by atoms with van der Waals surface area (Å²) >= 11 is 5.91. The fourth-order valence-electron chi connectivity index (χ4n) is 1.98. The summed E-state index contributed by atoms with van der Waals surface area (Å²) < 4.78 is 0. The number of aryl methyl sites for hydroxylation is 1. The molecule has 4 heteroatoms. The Balaban J connectivity index is 2.77. The molecule has 0 heterocycles. The molecule has 0 atom stereocenters. The van der Waals surface area contributed by atoms with E-state index in [0.717, 1.165) is 18.4 Å². The highest BCUT2D eigenvalue weighted by atomic mass is 35.5. The van der Waals surface area contributed by atoms with Gasteiger partial charge in [-0.25, -0.2) is 0 Å². The van der Waals surface area contributed by atoms with Crippen LogP contribution in [0.5, 0.6) is 0 Å². The Morgan fingerprint density at radius 3 is 2.53 bits per heavy atom. The first-order valence-electron chi connectivity index (χ1n) is 6.63. The van der Waals surface area contributed by atoms with Crippen molar-refractivity contribution >= 4 is 17.5 Å². The monoisotopic (exact) mass is 283 g/mol. The van der Waals surface area contributed by atoms with Crippen molar-refractivity contribution in [2.75, 3.05) is 13.2 Å². The third-order valence-electron chi connectivity index (χ3n) is 3.90. The number of aliphatic hydroxyl groups excluding tert-OH is 1. The highest BCUT2D eigenvalue weighted by Gasteiger charge is 2.26. The normalized spacial score (nSPS) is 11.4. The molecule has 1 rings (SSSR count). The van der Waals surface area contributed by atoms with E-state index in [0.29, 0.717) is 17.1 Å². The van der Waals surface area contributed by atoms with Crippen LogP contribution in [-0.4, -0.2) is 24.2 Å². The Labute approximate surface area is 120 Å². The van der Waals surface area contributed by atoms with E-state index in [-0.39, 0.29) is 17.9 Å². The minimum absolute atomic E-state index is 0.0782. The highest BCUT2D eigenvalue weighted by molar-refractivity contribution is 6.31. The third-order valence-corrected chi connectivity index (χ3v) is 4.14. The van der Waals surface area contributed by atoms with E-state index in [2.05, 4.69) is 5.32 Å². The molecule has 0 bridgehead atoms. The number of hydrogen-bond acceptors (Lipinski definition) is 2. The number of rotatable bonds is 6. The van der Waals surface area contributed by atoms with Gasteiger partial charge in [0.25, 0.3) is 5.91 Å². The van der Waals surface area contributed by atoms with E-state index in [1.165, 1.54) is 0 Å². The van der Waals surface area contributed by atoms with Crippen molar-refractivity contribution in [2.24, 2.45) is 5.41 Å². The summed E-state index contributed by atoms with van der Waals surface area (Å²) in [6.07, 6.45) is 1.66. The van der Waals surface area contributed by atoms with Crippen molar-refractivity contribution < 1.29 is 9.90 Å². The van der Waals surface area contributed by atoms with Crippen LogP contribution < -0.4 is 5.32 Å². The molecule has 0 saturated carbocycles. The summed E-state index contributed by atoms with van der Waals surface area (Å²) in [6.45, 7) is 6.48. The molecule has 2 N–H and O–H groups in total. The van der Waals surface area contributed by atoms with Crippen LogP contribution >= 0.6 is 11.6 Å². The fourth-order valence-corrected chi connectivity index (χ4v) is 2.15. The van der Waals surface area contributed by atoms with Crippen molar-refractivity contribution in [1.82, 2.24) is 5.32 Å². The maximum absolute atomic E-state index is 12.2. The first kappa shape index (κ1) is 16.0. The zero-order chi connectivity index (χ0) is 14.5. The number of nitrogens with one attached hydrogen (secondary N) is 1. The van der Waals surface area contributed by atoms with Crippen molar-refractivity contribution in [3.8, 4) is 0 Å². The average molecular weight is 284 g/mol. The predicted molar refractivity (Wildman–Crippen MR) is 78.6 cm³/mol. The molecule has 106 valence electrons. The number of hydrogen-bond donors (Lipinski definition) is 2. The first-order chi connectivity index (χ1) is 8.98. The molecular weight excluding hydrogens is 262 g/mol. The summed E-state index contributed by atoms with van der Waals surface area (Å²) in [6, 6.07) is 5.27. The molecule has 3 nitrogen and oxygen atoms in total. The van der Waals surface area contributed by atoms with Gasteiger partial charge in [-0.15, -0.1) is 0 Å². The van der Waals surface area contributed by atoms with Crippen molar-refractivity contribution in [3.05, 3.63) is 34.3 Å². The largest absolute Gasteiger partial charge is 0.396 e. The minimum Gasteiger partial charge on any atom is -0.396 e. The van der Waals surface area contributed by atoms with Gasteiger partial charge in [0.1, 0.15) is 0 Å². The van der Waals surface area contributed by atoms with E-state index in [1.54, 1.807) is 12.1 Å². The second-order valence-corrected chi connectivity index (χ2v) is 5.44. The average Bonchev–Trinajstić information content (AvgIpc) is 2.43.